The Morgan fingerprint density at radius 2 is 1.96 bits per heavy atom. The van der Waals surface area contributed by atoms with E-state index in [0.717, 1.165) is 28.3 Å². The van der Waals surface area contributed by atoms with Crippen LogP contribution in [0.25, 0.3) is 22.9 Å². The van der Waals surface area contributed by atoms with Crippen LogP contribution in [0.3, 0.4) is 0 Å². The number of nitrogens with zero attached hydrogens (tertiary/aromatic N) is 2. The first kappa shape index (κ1) is 17.7. The molecule has 0 fully saturated rings. The molecule has 0 amide bonds. The SMILES string of the molecule is CCOc1ccc(-c2csc(C(C#N)=Cc3ccccc3OC)n2)cc1. The molecule has 1 heterocycles. The van der Waals surface area contributed by atoms with Gasteiger partial charge in [-0.2, -0.15) is 5.26 Å². The van der Waals surface area contributed by atoms with E-state index in [4.69, 9.17) is 9.47 Å². The third-order valence-corrected chi connectivity index (χ3v) is 4.63. The second-order valence-electron chi connectivity index (χ2n) is 5.41. The highest BCUT2D eigenvalue weighted by Crippen LogP contribution is 2.29. The van der Waals surface area contributed by atoms with Crippen molar-refractivity contribution in [3.63, 3.8) is 0 Å². The molecule has 0 unspecified atom stereocenters. The van der Waals surface area contributed by atoms with E-state index in [1.165, 1.54) is 11.3 Å². The highest BCUT2D eigenvalue weighted by atomic mass is 32.1. The molecule has 130 valence electrons. The quantitative estimate of drug-likeness (QED) is 0.560. The lowest BCUT2D eigenvalue weighted by molar-refractivity contribution is 0.340. The Hall–Kier alpha value is -3.10. The molecule has 4 nitrogen and oxygen atoms in total. The molecule has 3 rings (SSSR count). The number of allylic oxidation sites excluding steroid dienone is 1. The normalized spacial score (nSPS) is 11.0. The van der Waals surface area contributed by atoms with Crippen molar-refractivity contribution in [2.45, 2.75) is 6.92 Å². The van der Waals surface area contributed by atoms with Gasteiger partial charge in [0, 0.05) is 16.5 Å². The van der Waals surface area contributed by atoms with Crippen LogP contribution in [0.4, 0.5) is 0 Å². The number of thiazole rings is 1. The van der Waals surface area contributed by atoms with Gasteiger partial charge in [-0.25, -0.2) is 4.98 Å². The van der Waals surface area contributed by atoms with Crippen molar-refractivity contribution in [2.24, 2.45) is 0 Å². The third kappa shape index (κ3) is 3.93. The average molecular weight is 362 g/mol. The molecule has 1 aromatic heterocycles. The Kier molecular flexibility index (Phi) is 5.67. The summed E-state index contributed by atoms with van der Waals surface area (Å²) >= 11 is 1.45. The standard InChI is InChI=1S/C21H18N2O2S/c1-3-25-18-10-8-15(9-11-18)19-14-26-21(23-19)17(13-22)12-16-6-4-5-7-20(16)24-2/h4-12,14H,3H2,1-2H3. The van der Waals surface area contributed by atoms with Crippen molar-refractivity contribution >= 4 is 23.0 Å². The van der Waals surface area contributed by atoms with E-state index in [9.17, 15) is 5.26 Å². The largest absolute Gasteiger partial charge is 0.496 e. The summed E-state index contributed by atoms with van der Waals surface area (Å²) in [6.07, 6.45) is 1.81. The second kappa shape index (κ2) is 8.32. The monoisotopic (exact) mass is 362 g/mol. The molecule has 0 saturated heterocycles. The van der Waals surface area contributed by atoms with Gasteiger partial charge in [-0.05, 0) is 43.3 Å². The van der Waals surface area contributed by atoms with Crippen LogP contribution in [0, 0.1) is 11.3 Å². The van der Waals surface area contributed by atoms with Gasteiger partial charge in [0.05, 0.1) is 25.0 Å². The van der Waals surface area contributed by atoms with Gasteiger partial charge in [0.2, 0.25) is 0 Å². The predicted molar refractivity (Wildman–Crippen MR) is 105 cm³/mol. The van der Waals surface area contributed by atoms with E-state index >= 15 is 0 Å². The van der Waals surface area contributed by atoms with Crippen molar-refractivity contribution in [1.82, 2.24) is 4.98 Å². The Bertz CT molecular complexity index is 953. The van der Waals surface area contributed by atoms with Crippen molar-refractivity contribution in [3.05, 3.63) is 64.5 Å². The molecule has 0 atom stereocenters. The maximum atomic E-state index is 9.57. The predicted octanol–water partition coefficient (Wildman–Crippen LogP) is 5.28. The van der Waals surface area contributed by atoms with Crippen LogP contribution in [0.1, 0.15) is 17.5 Å². The lowest BCUT2D eigenvalue weighted by atomic mass is 10.1. The molecule has 0 bridgehead atoms. The second-order valence-corrected chi connectivity index (χ2v) is 6.27. The van der Waals surface area contributed by atoms with Gasteiger partial charge < -0.3 is 9.47 Å². The smallest absolute Gasteiger partial charge is 0.134 e. The summed E-state index contributed by atoms with van der Waals surface area (Å²) in [6, 6.07) is 17.6. The molecule has 0 aliphatic carbocycles. The highest BCUT2D eigenvalue weighted by molar-refractivity contribution is 7.11. The van der Waals surface area contributed by atoms with E-state index in [1.54, 1.807) is 13.2 Å². The zero-order chi connectivity index (χ0) is 18.4. The summed E-state index contributed by atoms with van der Waals surface area (Å²) in [5.74, 6) is 1.56. The minimum absolute atomic E-state index is 0.511. The Balaban J connectivity index is 1.90. The highest BCUT2D eigenvalue weighted by Gasteiger charge is 2.10. The first-order valence-electron chi connectivity index (χ1n) is 8.19. The molecule has 0 radical (unpaired) electrons. The number of rotatable bonds is 6. The number of para-hydroxylation sites is 1. The maximum Gasteiger partial charge on any atom is 0.134 e. The van der Waals surface area contributed by atoms with E-state index in [0.29, 0.717) is 17.2 Å². The molecule has 2 aromatic carbocycles. The summed E-state index contributed by atoms with van der Waals surface area (Å²) in [7, 11) is 1.62. The van der Waals surface area contributed by atoms with Gasteiger partial charge in [-0.3, -0.25) is 0 Å². The van der Waals surface area contributed by atoms with Gasteiger partial charge >= 0.3 is 0 Å². The molecule has 3 aromatic rings. The first-order chi connectivity index (χ1) is 12.7. The van der Waals surface area contributed by atoms with Crippen LogP contribution >= 0.6 is 11.3 Å². The number of benzene rings is 2. The fourth-order valence-corrected chi connectivity index (χ4v) is 3.30. The molecular formula is C21H18N2O2S. The van der Waals surface area contributed by atoms with Crippen molar-refractivity contribution in [3.8, 4) is 28.8 Å². The van der Waals surface area contributed by atoms with Crippen molar-refractivity contribution in [1.29, 1.82) is 5.26 Å². The van der Waals surface area contributed by atoms with Gasteiger partial charge in [0.15, 0.2) is 0 Å². The Morgan fingerprint density at radius 3 is 2.65 bits per heavy atom. The molecule has 0 aliphatic rings. The summed E-state index contributed by atoms with van der Waals surface area (Å²) in [6.45, 7) is 2.59. The van der Waals surface area contributed by atoms with Crippen LogP contribution in [-0.4, -0.2) is 18.7 Å². The van der Waals surface area contributed by atoms with Crippen LogP contribution in [-0.2, 0) is 0 Å². The number of methoxy groups -OCH3 is 1. The van der Waals surface area contributed by atoms with Crippen LogP contribution in [0.2, 0.25) is 0 Å². The van der Waals surface area contributed by atoms with Gasteiger partial charge in [0.1, 0.15) is 22.6 Å². The summed E-state index contributed by atoms with van der Waals surface area (Å²) in [5.41, 5.74) is 3.20. The van der Waals surface area contributed by atoms with Crippen molar-refractivity contribution < 1.29 is 9.47 Å². The fraction of sp³-hybridized carbons (Fsp3) is 0.143. The summed E-state index contributed by atoms with van der Waals surface area (Å²) in [5, 5.41) is 12.2. The van der Waals surface area contributed by atoms with Crippen LogP contribution in [0.15, 0.2) is 53.9 Å². The molecule has 26 heavy (non-hydrogen) atoms. The lowest BCUT2D eigenvalue weighted by Crippen LogP contribution is -1.90. The summed E-state index contributed by atoms with van der Waals surface area (Å²) in [4.78, 5) is 4.63. The number of hydrogen-bond acceptors (Lipinski definition) is 5. The van der Waals surface area contributed by atoms with E-state index in [-0.39, 0.29) is 0 Å². The zero-order valence-electron chi connectivity index (χ0n) is 14.6. The van der Waals surface area contributed by atoms with Gasteiger partial charge in [-0.1, -0.05) is 18.2 Å². The van der Waals surface area contributed by atoms with E-state index in [1.807, 2.05) is 60.8 Å². The number of hydrogen-bond donors (Lipinski definition) is 0. The number of nitriles is 1. The Labute approximate surface area is 157 Å². The molecule has 0 aliphatic heterocycles. The third-order valence-electron chi connectivity index (χ3n) is 3.75. The fourth-order valence-electron chi connectivity index (χ4n) is 2.50. The van der Waals surface area contributed by atoms with Gasteiger partial charge in [0.25, 0.3) is 0 Å². The molecular weight excluding hydrogens is 344 g/mol. The van der Waals surface area contributed by atoms with Crippen molar-refractivity contribution in [2.75, 3.05) is 13.7 Å². The average Bonchev–Trinajstić information content (AvgIpc) is 3.17. The number of aromatic nitrogens is 1. The van der Waals surface area contributed by atoms with E-state index in [2.05, 4.69) is 11.1 Å². The molecule has 0 spiro atoms. The maximum absolute atomic E-state index is 9.57. The minimum atomic E-state index is 0.511. The molecule has 5 heteroatoms. The first-order valence-corrected chi connectivity index (χ1v) is 9.07. The summed E-state index contributed by atoms with van der Waals surface area (Å²) < 4.78 is 10.8. The topological polar surface area (TPSA) is 55.1 Å². The zero-order valence-corrected chi connectivity index (χ0v) is 15.4. The van der Waals surface area contributed by atoms with Crippen LogP contribution < -0.4 is 9.47 Å². The Morgan fingerprint density at radius 1 is 1.19 bits per heavy atom. The lowest BCUT2D eigenvalue weighted by Gasteiger charge is -2.04. The van der Waals surface area contributed by atoms with E-state index < -0.39 is 0 Å². The number of ether oxygens (including phenoxy) is 2. The van der Waals surface area contributed by atoms with Crippen LogP contribution in [0.5, 0.6) is 11.5 Å². The molecule has 0 N–H and O–H groups in total. The van der Waals surface area contributed by atoms with Gasteiger partial charge in [-0.15, -0.1) is 11.3 Å². The molecule has 0 saturated carbocycles. The minimum Gasteiger partial charge on any atom is -0.496 e.